The molecule has 0 bridgehead atoms. The third-order valence-electron chi connectivity index (χ3n) is 10.5. The zero-order valence-corrected chi connectivity index (χ0v) is 33.1. The van der Waals surface area contributed by atoms with Gasteiger partial charge in [0.2, 0.25) is 0 Å². The van der Waals surface area contributed by atoms with Crippen LogP contribution >= 0.6 is 0 Å². The van der Waals surface area contributed by atoms with Gasteiger partial charge in [0, 0.05) is 6.61 Å². The summed E-state index contributed by atoms with van der Waals surface area (Å²) in [7, 11) is 1.82. The SMILES string of the molecule is CCC[CH2][Sn]([CH2]CCC)([CH2]CCC)[CH2]CC(OC)O[C@H]1CC[C@H]2O[C@H]3CCCO[C@@H]3CC[C@@H]2O[C@@H]1CCCOC(=O)C(C)(C)C. The number of hydrogen-bond acceptors (Lipinski definition) is 7. The van der Waals surface area contributed by atoms with Crippen LogP contribution in [-0.4, -0.2) is 87.6 Å². The van der Waals surface area contributed by atoms with Crippen LogP contribution in [-0.2, 0) is 33.2 Å². The number of unbranched alkanes of at least 4 members (excludes halogenated alkanes) is 3. The summed E-state index contributed by atoms with van der Waals surface area (Å²) in [6.07, 6.45) is 16.6. The third kappa shape index (κ3) is 13.1. The van der Waals surface area contributed by atoms with E-state index in [2.05, 4.69) is 20.8 Å². The Morgan fingerprint density at radius 2 is 1.40 bits per heavy atom. The predicted octanol–water partition coefficient (Wildman–Crippen LogP) is 9.23. The van der Waals surface area contributed by atoms with Crippen molar-refractivity contribution in [2.75, 3.05) is 20.3 Å². The zero-order valence-electron chi connectivity index (χ0n) is 30.2. The van der Waals surface area contributed by atoms with Gasteiger partial charge in [0.1, 0.15) is 0 Å². The normalized spacial score (nSPS) is 28.4. The molecular weight excluding hydrogens is 675 g/mol. The molecule has 0 aromatic heterocycles. The van der Waals surface area contributed by atoms with Gasteiger partial charge in [-0.05, 0) is 20.8 Å². The number of ether oxygens (including phenoxy) is 6. The summed E-state index contributed by atoms with van der Waals surface area (Å²) >= 11 is -2.31. The number of fused-ring (bicyclic) bond motifs is 2. The van der Waals surface area contributed by atoms with Gasteiger partial charge < -0.3 is 0 Å². The van der Waals surface area contributed by atoms with Gasteiger partial charge in [-0.15, -0.1) is 0 Å². The molecule has 3 aliphatic rings. The molecule has 0 N–H and O–H groups in total. The number of carbonyl (C=O) groups is 1. The van der Waals surface area contributed by atoms with Crippen molar-refractivity contribution in [1.29, 1.82) is 0 Å². The molecule has 0 amide bonds. The summed E-state index contributed by atoms with van der Waals surface area (Å²) in [4.78, 5) is 12.4. The second-order valence-electron chi connectivity index (χ2n) is 15.3. The average molecular weight is 746 g/mol. The maximum atomic E-state index is 12.4. The molecule has 0 radical (unpaired) electrons. The Bertz CT molecular complexity index is 795. The van der Waals surface area contributed by atoms with Crippen molar-refractivity contribution in [2.24, 2.45) is 5.41 Å². The van der Waals surface area contributed by atoms with E-state index < -0.39 is 23.8 Å². The summed E-state index contributed by atoms with van der Waals surface area (Å²) in [5.41, 5.74) is -0.495. The van der Waals surface area contributed by atoms with Crippen LogP contribution in [0.3, 0.4) is 0 Å². The van der Waals surface area contributed by atoms with E-state index in [9.17, 15) is 4.79 Å². The van der Waals surface area contributed by atoms with Crippen molar-refractivity contribution in [3.8, 4) is 0 Å². The minimum absolute atomic E-state index is 0.0388. The van der Waals surface area contributed by atoms with E-state index in [1.807, 2.05) is 27.9 Å². The van der Waals surface area contributed by atoms with Crippen molar-refractivity contribution in [3.05, 3.63) is 0 Å². The van der Waals surface area contributed by atoms with E-state index in [1.165, 1.54) is 56.3 Å². The number of hydrogen-bond donors (Lipinski definition) is 0. The predicted molar refractivity (Wildman–Crippen MR) is 184 cm³/mol. The molecule has 3 rings (SSSR count). The monoisotopic (exact) mass is 746 g/mol. The molecule has 8 heteroatoms. The summed E-state index contributed by atoms with van der Waals surface area (Å²) in [6.45, 7) is 14.0. The maximum absolute atomic E-state index is 12.4. The first-order valence-electron chi connectivity index (χ1n) is 18.9. The Kier molecular flexibility index (Phi) is 18.0. The molecule has 3 fully saturated rings. The Morgan fingerprint density at radius 3 is 2.02 bits per heavy atom. The fraction of sp³-hybridized carbons (Fsp3) is 0.973. The second kappa shape index (κ2) is 20.6. The number of methoxy groups -OCH3 is 1. The van der Waals surface area contributed by atoms with E-state index in [0.717, 1.165) is 64.4 Å². The quantitative estimate of drug-likeness (QED) is 0.0565. The zero-order chi connectivity index (χ0) is 32.7. The van der Waals surface area contributed by atoms with Crippen molar-refractivity contribution in [2.45, 2.75) is 199 Å². The Morgan fingerprint density at radius 1 is 0.800 bits per heavy atom. The summed E-state index contributed by atoms with van der Waals surface area (Å²) < 4.78 is 44.3. The van der Waals surface area contributed by atoms with E-state index in [4.69, 9.17) is 28.4 Å². The molecule has 1 unspecified atom stereocenters. The van der Waals surface area contributed by atoms with Gasteiger partial charge in [0.25, 0.3) is 0 Å². The molecule has 3 saturated heterocycles. The van der Waals surface area contributed by atoms with Crippen molar-refractivity contribution < 1.29 is 33.2 Å². The van der Waals surface area contributed by atoms with Crippen LogP contribution in [0.25, 0.3) is 0 Å². The van der Waals surface area contributed by atoms with E-state index in [0.29, 0.717) is 6.61 Å². The molecule has 3 aliphatic heterocycles. The summed E-state index contributed by atoms with van der Waals surface area (Å²) in [5.74, 6) is -0.152. The first kappa shape index (κ1) is 39.5. The topological polar surface area (TPSA) is 72.5 Å². The Balaban J connectivity index is 1.70. The smallest absolute Gasteiger partial charge is 0.0496 e. The average Bonchev–Trinajstić information content (AvgIpc) is 3.30. The van der Waals surface area contributed by atoms with Crippen molar-refractivity contribution >= 4 is 24.3 Å². The van der Waals surface area contributed by atoms with Crippen LogP contribution in [0.5, 0.6) is 0 Å². The minimum atomic E-state index is -2.31. The molecule has 0 saturated carbocycles. The van der Waals surface area contributed by atoms with Gasteiger partial charge in [-0.3, -0.25) is 0 Å². The fourth-order valence-corrected chi connectivity index (χ4v) is 23.8. The van der Waals surface area contributed by atoms with Gasteiger partial charge in [-0.1, -0.05) is 0 Å². The number of carbonyl (C=O) groups excluding carboxylic acids is 1. The van der Waals surface area contributed by atoms with Gasteiger partial charge >= 0.3 is 254 Å². The summed E-state index contributed by atoms with van der Waals surface area (Å²) in [5, 5.41) is 0. The second-order valence-corrected chi connectivity index (χ2v) is 29.6. The Labute approximate surface area is 280 Å². The first-order chi connectivity index (χ1) is 21.6. The van der Waals surface area contributed by atoms with Gasteiger partial charge in [-0.25, -0.2) is 0 Å². The van der Waals surface area contributed by atoms with Gasteiger partial charge in [0.15, 0.2) is 0 Å². The molecule has 45 heavy (non-hydrogen) atoms. The molecule has 3 heterocycles. The molecule has 0 spiro atoms. The first-order valence-corrected chi connectivity index (χ1v) is 27.0. The van der Waals surface area contributed by atoms with E-state index >= 15 is 0 Å². The van der Waals surface area contributed by atoms with Crippen LogP contribution in [0.4, 0.5) is 0 Å². The summed E-state index contributed by atoms with van der Waals surface area (Å²) in [6, 6.07) is 0. The minimum Gasteiger partial charge on any atom is -0.0496 e. The number of rotatable bonds is 19. The van der Waals surface area contributed by atoms with E-state index in [1.54, 1.807) is 0 Å². The fourth-order valence-electron chi connectivity index (χ4n) is 7.64. The van der Waals surface area contributed by atoms with E-state index in [-0.39, 0.29) is 48.9 Å². The van der Waals surface area contributed by atoms with Gasteiger partial charge in [0.05, 0.1) is 0 Å². The van der Waals surface area contributed by atoms with Crippen molar-refractivity contribution in [1.82, 2.24) is 0 Å². The molecule has 7 atom stereocenters. The van der Waals surface area contributed by atoms with Crippen LogP contribution in [0.15, 0.2) is 0 Å². The molecule has 7 nitrogen and oxygen atoms in total. The molecule has 0 aliphatic carbocycles. The molecule has 0 aromatic carbocycles. The standard InChI is InChI=1S/C25H43O7.3C4H9.Sn/c1-6-23(27-5)32-22-14-13-21-20(12-11-17-18(30-21)9-7-15-28-17)31-19(22)10-8-16-29-24(26)25(2,3)4;3*1-3-4-2;/h17-23H,1,6-16H2,2-5H3;3*1,3-4H2,2H3;/t17-,18+,19-,20+,21-,22+,23?;;;;/m1..../s1. The molecule has 264 valence electrons. The van der Waals surface area contributed by atoms with Crippen LogP contribution in [0.2, 0.25) is 17.7 Å². The number of esters is 1. The van der Waals surface area contributed by atoms with Crippen LogP contribution in [0, 0.1) is 5.41 Å². The van der Waals surface area contributed by atoms with Gasteiger partial charge in [-0.2, -0.15) is 0 Å². The van der Waals surface area contributed by atoms with Crippen LogP contribution in [0.1, 0.15) is 138 Å². The Hall–Kier alpha value is 0.0687. The molecule has 0 aromatic rings. The molecular formula is C37H70O7Sn. The van der Waals surface area contributed by atoms with Crippen molar-refractivity contribution in [3.63, 3.8) is 0 Å². The third-order valence-corrected chi connectivity index (χ3v) is 26.5. The van der Waals surface area contributed by atoms with Crippen LogP contribution < -0.4 is 0 Å².